The Morgan fingerprint density at radius 2 is 1.38 bits per heavy atom. The molecule has 0 heterocycles. The third-order valence-corrected chi connectivity index (χ3v) is 3.31. The van der Waals surface area contributed by atoms with Crippen LogP contribution in [0.3, 0.4) is 0 Å². The van der Waals surface area contributed by atoms with Gasteiger partial charge in [0.15, 0.2) is 0 Å². The van der Waals surface area contributed by atoms with Crippen LogP contribution in [0.15, 0.2) is 48.5 Å². The van der Waals surface area contributed by atoms with Crippen molar-refractivity contribution in [2.75, 3.05) is 17.2 Å². The van der Waals surface area contributed by atoms with Crippen molar-refractivity contribution in [3.63, 3.8) is 0 Å². The summed E-state index contributed by atoms with van der Waals surface area (Å²) in [6.07, 6.45) is 0. The standard InChI is InChI=1S/C17H16ClN3O3/c1-11-2-6-13(7-3-11)20-15(22)10-19-16(23)17(24)21-14-8-4-12(18)5-9-14/h2-9H,10H2,1H3,(H,19,23)(H,20,22)(H,21,24). The van der Waals surface area contributed by atoms with Gasteiger partial charge in [0.25, 0.3) is 0 Å². The Morgan fingerprint density at radius 1 is 0.833 bits per heavy atom. The Balaban J connectivity index is 1.79. The zero-order valence-corrected chi connectivity index (χ0v) is 13.7. The molecule has 0 saturated carbocycles. The lowest BCUT2D eigenvalue weighted by atomic mass is 10.2. The second-order valence-electron chi connectivity index (χ2n) is 5.06. The SMILES string of the molecule is Cc1ccc(NC(=O)CNC(=O)C(=O)Nc2ccc(Cl)cc2)cc1. The number of aryl methyl sites for hydroxylation is 1. The molecule has 0 aliphatic heterocycles. The number of nitrogens with one attached hydrogen (secondary N) is 3. The largest absolute Gasteiger partial charge is 0.339 e. The molecule has 6 nitrogen and oxygen atoms in total. The van der Waals surface area contributed by atoms with Gasteiger partial charge in [-0.2, -0.15) is 0 Å². The number of carbonyl (C=O) groups is 3. The van der Waals surface area contributed by atoms with E-state index in [4.69, 9.17) is 11.6 Å². The molecule has 124 valence electrons. The van der Waals surface area contributed by atoms with Crippen LogP contribution < -0.4 is 16.0 Å². The normalized spacial score (nSPS) is 9.92. The van der Waals surface area contributed by atoms with Gasteiger partial charge in [0.1, 0.15) is 0 Å². The minimum atomic E-state index is -0.899. The molecule has 0 bridgehead atoms. The summed E-state index contributed by atoms with van der Waals surface area (Å²) in [6, 6.07) is 13.5. The highest BCUT2D eigenvalue weighted by molar-refractivity contribution is 6.40. The monoisotopic (exact) mass is 345 g/mol. The van der Waals surface area contributed by atoms with Crippen molar-refractivity contribution in [3.05, 3.63) is 59.1 Å². The van der Waals surface area contributed by atoms with Gasteiger partial charge in [0, 0.05) is 16.4 Å². The van der Waals surface area contributed by atoms with Crippen molar-refractivity contribution in [2.45, 2.75) is 6.92 Å². The summed E-state index contributed by atoms with van der Waals surface area (Å²) in [5.41, 5.74) is 2.12. The lowest BCUT2D eigenvalue weighted by Crippen LogP contribution is -2.39. The molecule has 0 atom stereocenters. The maximum atomic E-state index is 11.7. The van der Waals surface area contributed by atoms with Crippen molar-refractivity contribution >= 4 is 40.7 Å². The average molecular weight is 346 g/mol. The van der Waals surface area contributed by atoms with Gasteiger partial charge in [-0.3, -0.25) is 14.4 Å². The molecule has 2 aromatic rings. The molecular formula is C17H16ClN3O3. The minimum absolute atomic E-state index is 0.305. The average Bonchev–Trinajstić information content (AvgIpc) is 2.57. The number of carbonyl (C=O) groups excluding carboxylic acids is 3. The smallest absolute Gasteiger partial charge is 0.313 e. The fraction of sp³-hybridized carbons (Fsp3) is 0.118. The Hall–Kier alpha value is -2.86. The van der Waals surface area contributed by atoms with Crippen LogP contribution in [0.25, 0.3) is 0 Å². The van der Waals surface area contributed by atoms with Crippen molar-refractivity contribution in [1.29, 1.82) is 0 Å². The predicted molar refractivity (Wildman–Crippen MR) is 92.9 cm³/mol. The Morgan fingerprint density at radius 3 is 2.00 bits per heavy atom. The predicted octanol–water partition coefficient (Wildman–Crippen LogP) is 2.34. The fourth-order valence-electron chi connectivity index (χ4n) is 1.80. The molecule has 3 amide bonds. The van der Waals surface area contributed by atoms with Crippen LogP contribution >= 0.6 is 11.6 Å². The van der Waals surface area contributed by atoms with Gasteiger partial charge in [0.05, 0.1) is 6.54 Å². The van der Waals surface area contributed by atoms with Crippen LogP contribution in [0.2, 0.25) is 5.02 Å². The van der Waals surface area contributed by atoms with E-state index in [9.17, 15) is 14.4 Å². The zero-order valence-electron chi connectivity index (χ0n) is 12.9. The van der Waals surface area contributed by atoms with E-state index < -0.39 is 17.7 Å². The van der Waals surface area contributed by atoms with E-state index in [1.807, 2.05) is 19.1 Å². The molecule has 0 aromatic heterocycles. The summed E-state index contributed by atoms with van der Waals surface area (Å²) in [5, 5.41) is 7.80. The number of halogens is 1. The quantitative estimate of drug-likeness (QED) is 0.743. The molecule has 2 rings (SSSR count). The fourth-order valence-corrected chi connectivity index (χ4v) is 1.93. The van der Waals surface area contributed by atoms with Crippen molar-refractivity contribution in [1.82, 2.24) is 5.32 Å². The van der Waals surface area contributed by atoms with E-state index in [1.165, 1.54) is 0 Å². The molecule has 24 heavy (non-hydrogen) atoms. The summed E-state index contributed by atoms with van der Waals surface area (Å²) in [5.74, 6) is -2.18. The molecule has 2 aromatic carbocycles. The number of benzene rings is 2. The number of rotatable bonds is 4. The maximum Gasteiger partial charge on any atom is 0.313 e. The van der Waals surface area contributed by atoms with Gasteiger partial charge in [-0.25, -0.2) is 0 Å². The third kappa shape index (κ3) is 5.40. The second kappa shape index (κ2) is 8.12. The van der Waals surface area contributed by atoms with Crippen LogP contribution in [-0.4, -0.2) is 24.3 Å². The highest BCUT2D eigenvalue weighted by Gasteiger charge is 2.14. The van der Waals surface area contributed by atoms with Crippen LogP contribution in [0.4, 0.5) is 11.4 Å². The van der Waals surface area contributed by atoms with E-state index in [-0.39, 0.29) is 6.54 Å². The number of hydrogen-bond donors (Lipinski definition) is 3. The Labute approximate surface area is 144 Å². The van der Waals surface area contributed by atoms with Crippen molar-refractivity contribution in [3.8, 4) is 0 Å². The molecule has 0 radical (unpaired) electrons. The summed E-state index contributed by atoms with van der Waals surface area (Å²) >= 11 is 5.73. The number of anilines is 2. The van der Waals surface area contributed by atoms with Crippen molar-refractivity contribution < 1.29 is 14.4 Å². The van der Waals surface area contributed by atoms with Gasteiger partial charge >= 0.3 is 11.8 Å². The molecule has 0 aliphatic carbocycles. The van der Waals surface area contributed by atoms with E-state index in [1.54, 1.807) is 36.4 Å². The maximum absolute atomic E-state index is 11.7. The molecule has 3 N–H and O–H groups in total. The van der Waals surface area contributed by atoms with Crippen LogP contribution in [0, 0.1) is 6.92 Å². The van der Waals surface area contributed by atoms with Gasteiger partial charge in [-0.05, 0) is 43.3 Å². The first-order chi connectivity index (χ1) is 11.4. The zero-order chi connectivity index (χ0) is 17.5. The summed E-state index contributed by atoms with van der Waals surface area (Å²) in [7, 11) is 0. The molecule has 0 unspecified atom stereocenters. The number of amides is 3. The summed E-state index contributed by atoms with van der Waals surface area (Å²) in [6.45, 7) is 1.63. The first-order valence-electron chi connectivity index (χ1n) is 7.15. The van der Waals surface area contributed by atoms with Crippen LogP contribution in [0.1, 0.15) is 5.56 Å². The first kappa shape index (κ1) is 17.5. The molecular weight excluding hydrogens is 330 g/mol. The lowest BCUT2D eigenvalue weighted by molar-refractivity contribution is -0.136. The van der Waals surface area contributed by atoms with Gasteiger partial charge in [-0.1, -0.05) is 29.3 Å². The molecule has 0 spiro atoms. The van der Waals surface area contributed by atoms with E-state index in [2.05, 4.69) is 16.0 Å². The summed E-state index contributed by atoms with van der Waals surface area (Å²) < 4.78 is 0. The third-order valence-electron chi connectivity index (χ3n) is 3.05. The van der Waals surface area contributed by atoms with Crippen LogP contribution in [-0.2, 0) is 14.4 Å². The summed E-state index contributed by atoms with van der Waals surface area (Å²) in [4.78, 5) is 35.2. The second-order valence-corrected chi connectivity index (χ2v) is 5.49. The van der Waals surface area contributed by atoms with Crippen molar-refractivity contribution in [2.24, 2.45) is 0 Å². The molecule has 0 saturated heterocycles. The number of hydrogen-bond acceptors (Lipinski definition) is 3. The van der Waals surface area contributed by atoms with Crippen LogP contribution in [0.5, 0.6) is 0 Å². The van der Waals surface area contributed by atoms with E-state index >= 15 is 0 Å². The van der Waals surface area contributed by atoms with Gasteiger partial charge < -0.3 is 16.0 Å². The minimum Gasteiger partial charge on any atom is -0.339 e. The topological polar surface area (TPSA) is 87.3 Å². The molecule has 0 fully saturated rings. The highest BCUT2D eigenvalue weighted by atomic mass is 35.5. The van der Waals surface area contributed by atoms with E-state index in [0.717, 1.165) is 5.56 Å². The van der Waals surface area contributed by atoms with E-state index in [0.29, 0.717) is 16.4 Å². The lowest BCUT2D eigenvalue weighted by Gasteiger charge is -2.08. The first-order valence-corrected chi connectivity index (χ1v) is 7.53. The Kier molecular flexibility index (Phi) is 5.92. The molecule has 7 heteroatoms. The highest BCUT2D eigenvalue weighted by Crippen LogP contribution is 2.13. The van der Waals surface area contributed by atoms with Gasteiger partial charge in [-0.15, -0.1) is 0 Å². The Bertz CT molecular complexity index is 743. The molecule has 0 aliphatic rings. The van der Waals surface area contributed by atoms with Gasteiger partial charge in [0.2, 0.25) is 5.91 Å².